The zero-order chi connectivity index (χ0) is 14.6. The van der Waals surface area contributed by atoms with E-state index in [0.717, 1.165) is 12.8 Å². The first-order chi connectivity index (χ1) is 9.54. The molecule has 1 saturated carbocycles. The van der Waals surface area contributed by atoms with Gasteiger partial charge in [-0.15, -0.1) is 0 Å². The number of carbonyl (C=O) groups is 1. The van der Waals surface area contributed by atoms with Crippen molar-refractivity contribution in [3.05, 3.63) is 35.4 Å². The van der Waals surface area contributed by atoms with Crippen molar-refractivity contribution in [2.24, 2.45) is 0 Å². The first kappa shape index (κ1) is 14.6. The molecule has 106 valence electrons. The normalized spacial score (nSPS) is 14.2. The number of amides is 1. The van der Waals surface area contributed by atoms with Crippen molar-refractivity contribution in [3.63, 3.8) is 0 Å². The summed E-state index contributed by atoms with van der Waals surface area (Å²) in [6.07, 6.45) is 1.45. The SMILES string of the molecule is CNC(=O)c1ccccc1C#CCNS(=O)(=O)C1CC1. The summed E-state index contributed by atoms with van der Waals surface area (Å²) in [5, 5.41) is 2.29. The topological polar surface area (TPSA) is 75.3 Å². The highest BCUT2D eigenvalue weighted by atomic mass is 32.2. The molecule has 0 saturated heterocycles. The van der Waals surface area contributed by atoms with E-state index in [4.69, 9.17) is 0 Å². The van der Waals surface area contributed by atoms with Gasteiger partial charge in [-0.25, -0.2) is 13.1 Å². The van der Waals surface area contributed by atoms with Crippen LogP contribution in [0.4, 0.5) is 0 Å². The molecule has 2 N–H and O–H groups in total. The fraction of sp³-hybridized carbons (Fsp3) is 0.357. The van der Waals surface area contributed by atoms with Crippen LogP contribution < -0.4 is 10.0 Å². The van der Waals surface area contributed by atoms with Crippen molar-refractivity contribution >= 4 is 15.9 Å². The summed E-state index contributed by atoms with van der Waals surface area (Å²) in [7, 11) is -1.65. The van der Waals surface area contributed by atoms with Crippen molar-refractivity contribution in [3.8, 4) is 11.8 Å². The number of rotatable bonds is 4. The van der Waals surface area contributed by atoms with Crippen LogP contribution in [0.25, 0.3) is 0 Å². The van der Waals surface area contributed by atoms with Gasteiger partial charge >= 0.3 is 0 Å². The van der Waals surface area contributed by atoms with Crippen molar-refractivity contribution in [2.45, 2.75) is 18.1 Å². The molecule has 0 spiro atoms. The van der Waals surface area contributed by atoms with Crippen molar-refractivity contribution in [1.82, 2.24) is 10.0 Å². The van der Waals surface area contributed by atoms with Gasteiger partial charge in [0.1, 0.15) is 0 Å². The van der Waals surface area contributed by atoms with E-state index in [2.05, 4.69) is 21.9 Å². The Bertz CT molecular complexity index is 667. The van der Waals surface area contributed by atoms with Crippen molar-refractivity contribution in [2.75, 3.05) is 13.6 Å². The molecule has 2 rings (SSSR count). The molecule has 1 fully saturated rings. The van der Waals surface area contributed by atoms with Gasteiger partial charge in [0.25, 0.3) is 5.91 Å². The predicted octanol–water partition coefficient (Wildman–Crippen LogP) is 0.480. The minimum Gasteiger partial charge on any atom is -0.355 e. The monoisotopic (exact) mass is 292 g/mol. The third kappa shape index (κ3) is 3.59. The average Bonchev–Trinajstić information content (AvgIpc) is 3.28. The molecule has 1 aromatic rings. The Morgan fingerprint density at radius 3 is 2.70 bits per heavy atom. The maximum absolute atomic E-state index is 11.6. The Balaban J connectivity index is 2.04. The van der Waals surface area contributed by atoms with Gasteiger partial charge in [0, 0.05) is 12.6 Å². The van der Waals surface area contributed by atoms with E-state index >= 15 is 0 Å². The van der Waals surface area contributed by atoms with E-state index in [1.54, 1.807) is 31.3 Å². The Morgan fingerprint density at radius 1 is 1.35 bits per heavy atom. The smallest absolute Gasteiger partial charge is 0.252 e. The van der Waals surface area contributed by atoms with Crippen molar-refractivity contribution in [1.29, 1.82) is 0 Å². The molecule has 20 heavy (non-hydrogen) atoms. The van der Waals surface area contributed by atoms with Gasteiger partial charge in [0.05, 0.1) is 17.4 Å². The van der Waals surface area contributed by atoms with Crippen LogP contribution in [0.15, 0.2) is 24.3 Å². The van der Waals surface area contributed by atoms with Crippen LogP contribution in [-0.4, -0.2) is 33.2 Å². The molecule has 0 bridgehead atoms. The summed E-state index contributed by atoms with van der Waals surface area (Å²) in [5.74, 6) is 5.35. The summed E-state index contributed by atoms with van der Waals surface area (Å²) in [6, 6.07) is 6.94. The Kier molecular flexibility index (Phi) is 4.42. The maximum Gasteiger partial charge on any atom is 0.252 e. The molecule has 0 aromatic heterocycles. The molecule has 5 nitrogen and oxygen atoms in total. The Hall–Kier alpha value is -1.84. The molecule has 0 atom stereocenters. The highest BCUT2D eigenvalue weighted by molar-refractivity contribution is 7.90. The molecule has 1 aliphatic rings. The molecule has 1 aliphatic carbocycles. The van der Waals surface area contributed by atoms with E-state index in [1.807, 2.05) is 0 Å². The molecule has 6 heteroatoms. The third-order valence-corrected chi connectivity index (χ3v) is 4.84. The largest absolute Gasteiger partial charge is 0.355 e. The summed E-state index contributed by atoms with van der Waals surface area (Å²) < 4.78 is 25.6. The molecule has 1 aromatic carbocycles. The van der Waals surface area contributed by atoms with Crippen LogP contribution in [-0.2, 0) is 10.0 Å². The third-order valence-electron chi connectivity index (χ3n) is 2.95. The molecule has 0 radical (unpaired) electrons. The van der Waals surface area contributed by atoms with Crippen LogP contribution in [0.2, 0.25) is 0 Å². The fourth-order valence-corrected chi connectivity index (χ4v) is 2.96. The second-order valence-electron chi connectivity index (χ2n) is 4.49. The zero-order valence-electron chi connectivity index (χ0n) is 11.1. The van der Waals surface area contributed by atoms with E-state index < -0.39 is 10.0 Å². The number of benzene rings is 1. The molecule has 1 amide bonds. The molecule has 0 unspecified atom stereocenters. The molecule has 0 aliphatic heterocycles. The maximum atomic E-state index is 11.6. The zero-order valence-corrected chi connectivity index (χ0v) is 12.0. The summed E-state index contributed by atoms with van der Waals surface area (Å²) in [5.41, 5.74) is 1.06. The molecule has 0 heterocycles. The van der Waals surface area contributed by atoms with Crippen LogP contribution >= 0.6 is 0 Å². The van der Waals surface area contributed by atoms with E-state index in [0.29, 0.717) is 11.1 Å². The minimum absolute atomic E-state index is 0.0565. The lowest BCUT2D eigenvalue weighted by atomic mass is 10.1. The first-order valence-corrected chi connectivity index (χ1v) is 7.87. The first-order valence-electron chi connectivity index (χ1n) is 6.33. The van der Waals surface area contributed by atoms with Crippen LogP contribution in [0.3, 0.4) is 0 Å². The second-order valence-corrected chi connectivity index (χ2v) is 6.54. The quantitative estimate of drug-likeness (QED) is 0.793. The summed E-state index contributed by atoms with van der Waals surface area (Å²) in [4.78, 5) is 11.6. The Labute approximate surface area is 118 Å². The van der Waals surface area contributed by atoms with E-state index in [-0.39, 0.29) is 17.7 Å². The number of nitrogens with one attached hydrogen (secondary N) is 2. The van der Waals surface area contributed by atoms with Crippen LogP contribution in [0, 0.1) is 11.8 Å². The highest BCUT2D eigenvalue weighted by Gasteiger charge is 2.34. The fourth-order valence-electron chi connectivity index (χ4n) is 1.70. The number of hydrogen-bond donors (Lipinski definition) is 2. The average molecular weight is 292 g/mol. The van der Waals surface area contributed by atoms with Crippen LogP contribution in [0.1, 0.15) is 28.8 Å². The minimum atomic E-state index is -3.20. The number of hydrogen-bond acceptors (Lipinski definition) is 3. The standard InChI is InChI=1S/C14H16N2O3S/c1-15-14(17)13-7-3-2-5-11(13)6-4-10-16-20(18,19)12-8-9-12/h2-3,5,7,12,16H,8-10H2,1H3,(H,15,17). The van der Waals surface area contributed by atoms with Gasteiger partial charge in [-0.1, -0.05) is 24.0 Å². The second kappa shape index (κ2) is 6.07. The van der Waals surface area contributed by atoms with Crippen LogP contribution in [0.5, 0.6) is 0 Å². The van der Waals surface area contributed by atoms with Gasteiger partial charge in [-0.05, 0) is 25.0 Å². The lowest BCUT2D eigenvalue weighted by Crippen LogP contribution is -2.27. The lowest BCUT2D eigenvalue weighted by molar-refractivity contribution is 0.0963. The van der Waals surface area contributed by atoms with Gasteiger partial charge in [0.2, 0.25) is 10.0 Å². The van der Waals surface area contributed by atoms with Gasteiger partial charge in [-0.3, -0.25) is 4.79 Å². The van der Waals surface area contributed by atoms with Crippen molar-refractivity contribution < 1.29 is 13.2 Å². The van der Waals surface area contributed by atoms with Gasteiger partial charge in [0.15, 0.2) is 0 Å². The molecular weight excluding hydrogens is 276 g/mol. The van der Waals surface area contributed by atoms with E-state index in [9.17, 15) is 13.2 Å². The highest BCUT2D eigenvalue weighted by Crippen LogP contribution is 2.27. The number of sulfonamides is 1. The lowest BCUT2D eigenvalue weighted by Gasteiger charge is -2.02. The number of carbonyl (C=O) groups excluding carboxylic acids is 1. The van der Waals surface area contributed by atoms with E-state index in [1.165, 1.54) is 0 Å². The van der Waals surface area contributed by atoms with Gasteiger partial charge in [-0.2, -0.15) is 0 Å². The Morgan fingerprint density at radius 2 is 2.05 bits per heavy atom. The molecular formula is C14H16N2O3S. The van der Waals surface area contributed by atoms with Gasteiger partial charge < -0.3 is 5.32 Å². The predicted molar refractivity (Wildman–Crippen MR) is 76.7 cm³/mol. The summed E-state index contributed by atoms with van der Waals surface area (Å²) >= 11 is 0. The summed E-state index contributed by atoms with van der Waals surface area (Å²) in [6.45, 7) is 0.0565.